The number of likely N-dealkylation sites (tertiary alicyclic amines) is 1. The molecular weight excluding hydrogens is 454 g/mol. The van der Waals surface area contributed by atoms with Gasteiger partial charge in [0.2, 0.25) is 0 Å². The lowest BCUT2D eigenvalue weighted by Gasteiger charge is -2.41. The fraction of sp³-hybridized carbons (Fsp3) is 0.536. The Kier molecular flexibility index (Phi) is 6.64. The van der Waals surface area contributed by atoms with Gasteiger partial charge in [0, 0.05) is 35.9 Å². The van der Waals surface area contributed by atoms with Crippen LogP contribution in [0.2, 0.25) is 0 Å². The molecule has 1 aliphatic heterocycles. The summed E-state index contributed by atoms with van der Waals surface area (Å²) in [5.74, 6) is 2.02. The van der Waals surface area contributed by atoms with Crippen LogP contribution in [-0.4, -0.2) is 64.1 Å². The minimum Gasteiger partial charge on any atom is -0.497 e. The van der Waals surface area contributed by atoms with Crippen molar-refractivity contribution in [2.75, 3.05) is 26.8 Å². The smallest absolute Gasteiger partial charge is 0.255 e. The summed E-state index contributed by atoms with van der Waals surface area (Å²) in [6, 6.07) is 5.91. The Morgan fingerprint density at radius 3 is 2.58 bits per heavy atom. The zero-order chi connectivity index (χ0) is 25.4. The molecule has 0 bridgehead atoms. The molecule has 0 spiro atoms. The van der Waals surface area contributed by atoms with E-state index in [4.69, 9.17) is 9.47 Å². The predicted molar refractivity (Wildman–Crippen MR) is 141 cm³/mol. The second-order valence-corrected chi connectivity index (χ2v) is 11.1. The molecule has 2 aliphatic rings. The third kappa shape index (κ3) is 5.05. The van der Waals surface area contributed by atoms with Gasteiger partial charge in [-0.25, -0.2) is 9.97 Å². The molecule has 1 aromatic carbocycles. The van der Waals surface area contributed by atoms with E-state index in [2.05, 4.69) is 45.9 Å². The number of fused-ring (bicyclic) bond motifs is 1. The summed E-state index contributed by atoms with van der Waals surface area (Å²) < 4.78 is 11.7. The van der Waals surface area contributed by atoms with Crippen molar-refractivity contribution in [2.24, 2.45) is 5.92 Å². The third-order valence-electron chi connectivity index (χ3n) is 7.39. The van der Waals surface area contributed by atoms with Crippen molar-refractivity contribution in [1.82, 2.24) is 25.2 Å². The third-order valence-corrected chi connectivity index (χ3v) is 7.39. The van der Waals surface area contributed by atoms with Gasteiger partial charge in [0.25, 0.3) is 5.91 Å². The number of rotatable bonds is 7. The van der Waals surface area contributed by atoms with Crippen LogP contribution >= 0.6 is 0 Å². The predicted octanol–water partition coefficient (Wildman–Crippen LogP) is 4.72. The average Bonchev–Trinajstić information content (AvgIpc) is 3.62. The number of nitrogens with zero attached hydrogens (tertiary/aromatic N) is 3. The second-order valence-electron chi connectivity index (χ2n) is 11.1. The van der Waals surface area contributed by atoms with E-state index in [-0.39, 0.29) is 17.5 Å². The number of hydrogen-bond donors (Lipinski definition) is 2. The summed E-state index contributed by atoms with van der Waals surface area (Å²) in [6.07, 6.45) is 5.83. The number of aromatic amines is 1. The van der Waals surface area contributed by atoms with Crippen molar-refractivity contribution >= 4 is 16.9 Å². The first-order valence-electron chi connectivity index (χ1n) is 12.9. The molecule has 0 atom stereocenters. The Bertz CT molecular complexity index is 1250. The maximum Gasteiger partial charge on any atom is 0.255 e. The molecule has 2 N–H and O–H groups in total. The zero-order valence-electron chi connectivity index (χ0n) is 22.0. The van der Waals surface area contributed by atoms with Crippen LogP contribution < -0.4 is 14.8 Å². The molecule has 1 saturated carbocycles. The van der Waals surface area contributed by atoms with Crippen LogP contribution in [0, 0.1) is 12.8 Å². The minimum atomic E-state index is -0.0894. The molecule has 1 amide bonds. The van der Waals surface area contributed by atoms with E-state index in [0.717, 1.165) is 54.2 Å². The monoisotopic (exact) mass is 491 g/mol. The molecule has 1 aliphatic carbocycles. The number of piperidine rings is 1. The maximum absolute atomic E-state index is 13.4. The lowest BCUT2D eigenvalue weighted by molar-refractivity contribution is 0.0813. The number of nitrogens with one attached hydrogen (secondary N) is 2. The van der Waals surface area contributed by atoms with Crippen molar-refractivity contribution in [3.05, 3.63) is 35.8 Å². The fourth-order valence-corrected chi connectivity index (χ4v) is 4.99. The van der Waals surface area contributed by atoms with Gasteiger partial charge in [-0.15, -0.1) is 0 Å². The molecule has 0 unspecified atom stereocenters. The van der Waals surface area contributed by atoms with Crippen LogP contribution in [0.15, 0.2) is 24.5 Å². The molecule has 1 saturated heterocycles. The second kappa shape index (κ2) is 9.73. The van der Waals surface area contributed by atoms with E-state index in [0.29, 0.717) is 29.3 Å². The number of aryl methyl sites for hydroxylation is 1. The van der Waals surface area contributed by atoms with Crippen molar-refractivity contribution in [3.8, 4) is 22.8 Å². The molecule has 2 aromatic heterocycles. The quantitative estimate of drug-likeness (QED) is 0.497. The van der Waals surface area contributed by atoms with E-state index < -0.39 is 0 Å². The van der Waals surface area contributed by atoms with E-state index >= 15 is 0 Å². The van der Waals surface area contributed by atoms with Gasteiger partial charge in [-0.2, -0.15) is 0 Å². The van der Waals surface area contributed by atoms with Gasteiger partial charge in [-0.1, -0.05) is 0 Å². The average molecular weight is 492 g/mol. The van der Waals surface area contributed by atoms with Crippen LogP contribution in [0.25, 0.3) is 22.3 Å². The van der Waals surface area contributed by atoms with E-state index in [1.54, 1.807) is 7.11 Å². The number of benzene rings is 1. The molecule has 3 heterocycles. The Morgan fingerprint density at radius 2 is 1.92 bits per heavy atom. The standard InChI is InChI=1S/C28H37N5O3/c1-17-23(27(34)32-19-10-12-33(13-11-19)28(2,3)4)25-26(31-17)24(29-16-30-25)21-14-20(35-5)8-9-22(21)36-15-18-6-7-18/h8-9,14,16,18-19,31H,6-7,10-13,15H2,1-5H3,(H,32,34). The lowest BCUT2D eigenvalue weighted by Crippen LogP contribution is -2.50. The molecule has 0 radical (unpaired) electrons. The highest BCUT2D eigenvalue weighted by Gasteiger charge is 2.29. The molecular formula is C28H37N5O3. The van der Waals surface area contributed by atoms with Gasteiger partial charge < -0.3 is 19.8 Å². The van der Waals surface area contributed by atoms with Gasteiger partial charge in [0.05, 0.1) is 24.8 Å². The Labute approximate surface area is 212 Å². The SMILES string of the molecule is COc1ccc(OCC2CC2)c(-c2ncnc3c(C(=O)NC4CCN(C(C)(C)C)CC4)c(C)[nH]c23)c1. The van der Waals surface area contributed by atoms with Crippen molar-refractivity contribution in [2.45, 2.75) is 65.0 Å². The lowest BCUT2D eigenvalue weighted by atomic mass is 9.98. The maximum atomic E-state index is 13.4. The van der Waals surface area contributed by atoms with Crippen LogP contribution in [0.3, 0.4) is 0 Å². The molecule has 36 heavy (non-hydrogen) atoms. The summed E-state index contributed by atoms with van der Waals surface area (Å²) in [7, 11) is 1.65. The van der Waals surface area contributed by atoms with Gasteiger partial charge in [0.1, 0.15) is 29.0 Å². The highest BCUT2D eigenvalue weighted by atomic mass is 16.5. The summed E-state index contributed by atoms with van der Waals surface area (Å²) in [5, 5.41) is 3.26. The fourth-order valence-electron chi connectivity index (χ4n) is 4.99. The van der Waals surface area contributed by atoms with Crippen molar-refractivity contribution < 1.29 is 14.3 Å². The van der Waals surface area contributed by atoms with Gasteiger partial charge >= 0.3 is 0 Å². The Hall–Kier alpha value is -3.13. The molecule has 8 nitrogen and oxygen atoms in total. The van der Waals surface area contributed by atoms with Crippen molar-refractivity contribution in [1.29, 1.82) is 0 Å². The Morgan fingerprint density at radius 1 is 1.17 bits per heavy atom. The number of amides is 1. The van der Waals surface area contributed by atoms with Crippen LogP contribution in [-0.2, 0) is 0 Å². The molecule has 8 heteroatoms. The van der Waals surface area contributed by atoms with Gasteiger partial charge in [-0.3, -0.25) is 9.69 Å². The van der Waals surface area contributed by atoms with Crippen molar-refractivity contribution in [3.63, 3.8) is 0 Å². The van der Waals surface area contributed by atoms with Gasteiger partial charge in [0.15, 0.2) is 0 Å². The summed E-state index contributed by atoms with van der Waals surface area (Å²) >= 11 is 0. The first kappa shape index (κ1) is 24.6. The van der Waals surface area contributed by atoms with E-state index in [1.807, 2.05) is 25.1 Å². The number of H-pyrrole nitrogens is 1. The number of carbonyl (C=O) groups excluding carboxylic acids is 1. The van der Waals surface area contributed by atoms with Gasteiger partial charge in [-0.05, 0) is 77.5 Å². The Balaban J connectivity index is 1.43. The largest absolute Gasteiger partial charge is 0.497 e. The summed E-state index contributed by atoms with van der Waals surface area (Å²) in [6.45, 7) is 11.3. The zero-order valence-corrected chi connectivity index (χ0v) is 22.0. The van der Waals surface area contributed by atoms with Crippen LogP contribution in [0.4, 0.5) is 0 Å². The topological polar surface area (TPSA) is 92.4 Å². The van der Waals surface area contributed by atoms with Crippen LogP contribution in [0.1, 0.15) is 62.5 Å². The molecule has 3 aromatic rings. The van der Waals surface area contributed by atoms with E-state index in [1.165, 1.54) is 19.2 Å². The highest BCUT2D eigenvalue weighted by molar-refractivity contribution is 6.09. The van der Waals surface area contributed by atoms with E-state index in [9.17, 15) is 4.79 Å². The number of aromatic nitrogens is 3. The number of carbonyl (C=O) groups is 1. The molecule has 5 rings (SSSR count). The normalized spacial score (nSPS) is 17.4. The minimum absolute atomic E-state index is 0.0894. The van der Waals surface area contributed by atoms with Crippen LogP contribution in [0.5, 0.6) is 11.5 Å². The summed E-state index contributed by atoms with van der Waals surface area (Å²) in [4.78, 5) is 28.4. The number of hydrogen-bond acceptors (Lipinski definition) is 6. The molecule has 192 valence electrons. The molecule has 2 fully saturated rings. The highest BCUT2D eigenvalue weighted by Crippen LogP contribution is 2.38. The number of methoxy groups -OCH3 is 1. The first-order valence-corrected chi connectivity index (χ1v) is 12.9. The first-order chi connectivity index (χ1) is 17.2. The summed E-state index contributed by atoms with van der Waals surface area (Å²) in [5.41, 5.74) is 4.38. The number of ether oxygens (including phenoxy) is 2.